The van der Waals surface area contributed by atoms with Gasteiger partial charge in [0.05, 0.1) is 11.4 Å². The molecule has 2 aromatic rings. The molecule has 0 bridgehead atoms. The maximum Gasteiger partial charge on any atom is 0.272 e. The van der Waals surface area contributed by atoms with Gasteiger partial charge in [-0.25, -0.2) is 8.42 Å². The summed E-state index contributed by atoms with van der Waals surface area (Å²) in [6.45, 7) is 0. The number of nitrogens with two attached hydrogens (primary N) is 1. The first-order valence-electron chi connectivity index (χ1n) is 4.61. The molecule has 0 atom stereocenters. The number of anilines is 2. The molecule has 0 saturated carbocycles. The zero-order valence-electron chi connectivity index (χ0n) is 8.55. The normalized spacial score (nSPS) is 11.4. The predicted octanol–water partition coefficient (Wildman–Crippen LogP) is 2.89. The summed E-state index contributed by atoms with van der Waals surface area (Å²) in [5, 5.41) is 1.70. The molecule has 3 N–H and O–H groups in total. The summed E-state index contributed by atoms with van der Waals surface area (Å²) in [5.41, 5.74) is 6.46. The lowest BCUT2D eigenvalue weighted by molar-refractivity contribution is 0.603. The molecule has 0 aliphatic heterocycles. The minimum atomic E-state index is -3.58. The van der Waals surface area contributed by atoms with Crippen molar-refractivity contribution in [3.63, 3.8) is 0 Å². The van der Waals surface area contributed by atoms with E-state index in [0.717, 1.165) is 11.3 Å². The number of thiophene rings is 1. The number of hydrogen-bond acceptors (Lipinski definition) is 4. The molecule has 0 aliphatic rings. The Morgan fingerprint density at radius 2 is 1.94 bits per heavy atom. The average Bonchev–Trinajstić information content (AvgIpc) is 2.68. The van der Waals surface area contributed by atoms with Gasteiger partial charge >= 0.3 is 0 Å². The maximum absolute atomic E-state index is 12.0. The fraction of sp³-hybridized carbons (Fsp3) is 0. The average molecular weight is 333 g/mol. The summed E-state index contributed by atoms with van der Waals surface area (Å²) in [7, 11) is -3.58. The van der Waals surface area contributed by atoms with Gasteiger partial charge in [0.15, 0.2) is 4.21 Å². The van der Waals surface area contributed by atoms with Crippen molar-refractivity contribution >= 4 is 48.7 Å². The van der Waals surface area contributed by atoms with Gasteiger partial charge in [-0.05, 0) is 39.5 Å². The van der Waals surface area contributed by atoms with Crippen LogP contribution in [0.4, 0.5) is 11.4 Å². The van der Waals surface area contributed by atoms with Crippen LogP contribution in [-0.2, 0) is 10.0 Å². The van der Waals surface area contributed by atoms with Crippen LogP contribution in [0.1, 0.15) is 0 Å². The number of para-hydroxylation sites is 2. The molecular formula is C10H9BrN2O2S2. The van der Waals surface area contributed by atoms with E-state index in [-0.39, 0.29) is 4.21 Å². The third-order valence-electron chi connectivity index (χ3n) is 2.03. The second-order valence-electron chi connectivity index (χ2n) is 3.25. The van der Waals surface area contributed by atoms with Crippen molar-refractivity contribution in [1.29, 1.82) is 0 Å². The topological polar surface area (TPSA) is 72.2 Å². The summed E-state index contributed by atoms with van der Waals surface area (Å²) >= 11 is 4.34. The summed E-state index contributed by atoms with van der Waals surface area (Å²) < 4.78 is 27.3. The van der Waals surface area contributed by atoms with E-state index < -0.39 is 10.0 Å². The molecule has 1 aromatic heterocycles. The van der Waals surface area contributed by atoms with Crippen LogP contribution in [0.5, 0.6) is 0 Å². The molecule has 0 fully saturated rings. The van der Waals surface area contributed by atoms with Gasteiger partial charge in [-0.15, -0.1) is 11.3 Å². The second-order valence-corrected chi connectivity index (χ2v) is 6.90. The highest BCUT2D eigenvalue weighted by molar-refractivity contribution is 9.10. The molecule has 0 amide bonds. The zero-order chi connectivity index (χ0) is 12.5. The molecular weight excluding hydrogens is 324 g/mol. The van der Waals surface area contributed by atoms with Gasteiger partial charge in [0, 0.05) is 4.47 Å². The van der Waals surface area contributed by atoms with Crippen LogP contribution < -0.4 is 10.5 Å². The SMILES string of the molecule is Nc1ccccc1NS(=O)(=O)c1sccc1Br. The minimum Gasteiger partial charge on any atom is -0.397 e. The van der Waals surface area contributed by atoms with E-state index in [1.807, 2.05) is 0 Å². The third-order valence-corrected chi connectivity index (χ3v) is 6.07. The first-order valence-corrected chi connectivity index (χ1v) is 7.76. The first kappa shape index (κ1) is 12.4. The summed E-state index contributed by atoms with van der Waals surface area (Å²) in [5.74, 6) is 0. The summed E-state index contributed by atoms with van der Waals surface area (Å²) in [6, 6.07) is 8.41. The van der Waals surface area contributed by atoms with E-state index in [1.165, 1.54) is 0 Å². The van der Waals surface area contributed by atoms with Gasteiger partial charge in [-0.2, -0.15) is 0 Å². The number of nitrogens with one attached hydrogen (secondary N) is 1. The Labute approximate surface area is 112 Å². The Morgan fingerprint density at radius 1 is 1.24 bits per heavy atom. The monoisotopic (exact) mass is 332 g/mol. The van der Waals surface area contributed by atoms with E-state index in [0.29, 0.717) is 15.8 Å². The Bertz CT molecular complexity index is 637. The van der Waals surface area contributed by atoms with Crippen molar-refractivity contribution in [2.24, 2.45) is 0 Å². The quantitative estimate of drug-likeness (QED) is 0.849. The predicted molar refractivity (Wildman–Crippen MR) is 73.7 cm³/mol. The van der Waals surface area contributed by atoms with E-state index in [2.05, 4.69) is 20.7 Å². The van der Waals surface area contributed by atoms with E-state index in [9.17, 15) is 8.42 Å². The second kappa shape index (κ2) is 4.67. The van der Waals surface area contributed by atoms with Crippen molar-refractivity contribution in [3.8, 4) is 0 Å². The van der Waals surface area contributed by atoms with Gasteiger partial charge in [-0.1, -0.05) is 12.1 Å². The first-order chi connectivity index (χ1) is 8.00. The lowest BCUT2D eigenvalue weighted by Gasteiger charge is -2.08. The largest absolute Gasteiger partial charge is 0.397 e. The summed E-state index contributed by atoms with van der Waals surface area (Å²) in [6.07, 6.45) is 0. The van der Waals surface area contributed by atoms with Crippen molar-refractivity contribution in [2.45, 2.75) is 4.21 Å². The minimum absolute atomic E-state index is 0.237. The Balaban J connectivity index is 2.37. The molecule has 1 aromatic carbocycles. The number of hydrogen-bond donors (Lipinski definition) is 2. The number of halogens is 1. The van der Waals surface area contributed by atoms with Gasteiger partial charge in [0.1, 0.15) is 0 Å². The van der Waals surface area contributed by atoms with Crippen LogP contribution in [0.2, 0.25) is 0 Å². The van der Waals surface area contributed by atoms with Crippen molar-refractivity contribution in [3.05, 3.63) is 40.2 Å². The molecule has 4 nitrogen and oxygen atoms in total. The van der Waals surface area contributed by atoms with Crippen molar-refractivity contribution in [1.82, 2.24) is 0 Å². The maximum atomic E-state index is 12.0. The highest BCUT2D eigenvalue weighted by atomic mass is 79.9. The molecule has 0 spiro atoms. The molecule has 17 heavy (non-hydrogen) atoms. The smallest absolute Gasteiger partial charge is 0.272 e. The number of benzene rings is 1. The van der Waals surface area contributed by atoms with Crippen LogP contribution >= 0.6 is 27.3 Å². The zero-order valence-corrected chi connectivity index (χ0v) is 11.8. The Morgan fingerprint density at radius 3 is 2.53 bits per heavy atom. The number of nitrogen functional groups attached to an aromatic ring is 1. The summed E-state index contributed by atoms with van der Waals surface area (Å²) in [4.78, 5) is 0. The fourth-order valence-corrected chi connectivity index (χ4v) is 4.68. The third kappa shape index (κ3) is 2.62. The van der Waals surface area contributed by atoms with Crippen LogP contribution in [0.3, 0.4) is 0 Å². The molecule has 0 saturated heterocycles. The lowest BCUT2D eigenvalue weighted by atomic mass is 10.3. The molecule has 0 radical (unpaired) electrons. The molecule has 1 heterocycles. The van der Waals surface area contributed by atoms with Crippen LogP contribution in [0.15, 0.2) is 44.4 Å². The van der Waals surface area contributed by atoms with Crippen LogP contribution in [0, 0.1) is 0 Å². The lowest BCUT2D eigenvalue weighted by Crippen LogP contribution is -2.13. The molecule has 0 aliphatic carbocycles. The highest BCUT2D eigenvalue weighted by Gasteiger charge is 2.19. The van der Waals surface area contributed by atoms with Gasteiger partial charge in [0.25, 0.3) is 10.0 Å². The molecule has 90 valence electrons. The molecule has 0 unspecified atom stereocenters. The van der Waals surface area contributed by atoms with E-state index >= 15 is 0 Å². The highest BCUT2D eigenvalue weighted by Crippen LogP contribution is 2.30. The van der Waals surface area contributed by atoms with Gasteiger partial charge < -0.3 is 5.73 Å². The van der Waals surface area contributed by atoms with E-state index in [1.54, 1.807) is 35.7 Å². The Kier molecular flexibility index (Phi) is 3.41. The van der Waals surface area contributed by atoms with Gasteiger partial charge in [0.2, 0.25) is 0 Å². The van der Waals surface area contributed by atoms with Crippen molar-refractivity contribution in [2.75, 3.05) is 10.5 Å². The van der Waals surface area contributed by atoms with E-state index in [4.69, 9.17) is 5.73 Å². The standard InChI is InChI=1S/C10H9BrN2O2S2/c11-7-5-6-16-10(7)17(14,15)13-9-4-2-1-3-8(9)12/h1-6,13H,12H2. The van der Waals surface area contributed by atoms with Crippen molar-refractivity contribution < 1.29 is 8.42 Å². The Hall–Kier alpha value is -1.05. The van der Waals surface area contributed by atoms with Gasteiger partial charge in [-0.3, -0.25) is 4.72 Å². The number of sulfonamides is 1. The molecule has 2 rings (SSSR count). The molecule has 7 heteroatoms. The number of rotatable bonds is 3. The van der Waals surface area contributed by atoms with Crippen LogP contribution in [0.25, 0.3) is 0 Å². The van der Waals surface area contributed by atoms with Crippen LogP contribution in [-0.4, -0.2) is 8.42 Å². The fourth-order valence-electron chi connectivity index (χ4n) is 1.25.